The van der Waals surface area contributed by atoms with Crippen LogP contribution < -0.4 is 9.13 Å². The molecule has 0 aliphatic rings. The first-order valence-corrected chi connectivity index (χ1v) is 12.7. The number of hydrogen-bond donors (Lipinski definition) is 0. The molecule has 0 fully saturated rings. The van der Waals surface area contributed by atoms with E-state index in [0.29, 0.717) is 0 Å². The summed E-state index contributed by atoms with van der Waals surface area (Å²) in [5.41, 5.74) is 15.6. The molecule has 6 rings (SSSR count). The van der Waals surface area contributed by atoms with Crippen molar-refractivity contribution in [2.45, 2.75) is 34.6 Å². The first-order valence-electron chi connectivity index (χ1n) is 12.7. The fraction of sp³-hybridized carbons (Fsp3) is 0.212. The largest absolute Gasteiger partial charge is 0.320 e. The quantitative estimate of drug-likeness (QED) is 0.216. The zero-order chi connectivity index (χ0) is 26.0. The van der Waals surface area contributed by atoms with E-state index < -0.39 is 0 Å². The number of nitrogens with zero attached hydrogens (tertiary/aromatic N) is 4. The van der Waals surface area contributed by atoms with Gasteiger partial charge in [-0.3, -0.25) is 0 Å². The molecule has 37 heavy (non-hydrogen) atoms. The summed E-state index contributed by atoms with van der Waals surface area (Å²) < 4.78 is 8.52. The molecule has 4 heteroatoms. The highest BCUT2D eigenvalue weighted by Gasteiger charge is 2.15. The van der Waals surface area contributed by atoms with Crippen molar-refractivity contribution in [3.63, 3.8) is 0 Å². The van der Waals surface area contributed by atoms with E-state index in [1.807, 2.05) is 0 Å². The average molecular weight is 485 g/mol. The predicted octanol–water partition coefficient (Wildman–Crippen LogP) is 6.03. The van der Waals surface area contributed by atoms with Crippen LogP contribution in [0.25, 0.3) is 44.6 Å². The van der Waals surface area contributed by atoms with Gasteiger partial charge in [0.2, 0.25) is 12.7 Å². The normalized spacial score (nSPS) is 11.6. The second-order valence-electron chi connectivity index (χ2n) is 10.4. The minimum absolute atomic E-state index is 1.07. The molecule has 0 bridgehead atoms. The van der Waals surface area contributed by atoms with E-state index in [0.717, 1.165) is 27.9 Å². The summed E-state index contributed by atoms with van der Waals surface area (Å²) in [6.07, 6.45) is 7.10. The van der Waals surface area contributed by atoms with Gasteiger partial charge in [0.05, 0.1) is 36.2 Å². The molecular formula is C33H32N4. The van der Waals surface area contributed by atoms with Gasteiger partial charge in [0.15, 0.2) is 0 Å². The van der Waals surface area contributed by atoms with E-state index in [9.17, 15) is 0 Å². The van der Waals surface area contributed by atoms with Gasteiger partial charge >= 0.3 is 0 Å². The number of rotatable bonds is 3. The van der Waals surface area contributed by atoms with Crippen molar-refractivity contribution in [2.24, 2.45) is 14.1 Å². The number of aromatic nitrogens is 4. The fourth-order valence-electron chi connectivity index (χ4n) is 5.71. The molecule has 0 unspecified atom stereocenters. The van der Waals surface area contributed by atoms with Crippen LogP contribution in [0, 0.1) is 47.3 Å². The van der Waals surface area contributed by atoms with Gasteiger partial charge < -0.3 is 18.3 Å². The van der Waals surface area contributed by atoms with Gasteiger partial charge in [-0.15, -0.1) is 0 Å². The lowest BCUT2D eigenvalue weighted by atomic mass is 9.93. The van der Waals surface area contributed by atoms with Crippen molar-refractivity contribution >= 4 is 22.1 Å². The maximum atomic E-state index is 3.57. The Balaban J connectivity index is 1.69. The molecule has 0 aliphatic carbocycles. The minimum Gasteiger partial charge on any atom is -0.320 e. The van der Waals surface area contributed by atoms with E-state index >= 15 is 0 Å². The van der Waals surface area contributed by atoms with Crippen LogP contribution in [0.15, 0.2) is 66.7 Å². The van der Waals surface area contributed by atoms with Crippen molar-refractivity contribution in [3.8, 4) is 22.5 Å². The zero-order valence-electron chi connectivity index (χ0n) is 22.6. The molecule has 0 saturated heterocycles. The third kappa shape index (κ3) is 3.75. The molecule has 0 atom stereocenters. The van der Waals surface area contributed by atoms with Crippen LogP contribution in [0.3, 0.4) is 0 Å². The van der Waals surface area contributed by atoms with Crippen LogP contribution in [-0.4, -0.2) is 9.13 Å². The van der Waals surface area contributed by atoms with Crippen LogP contribution >= 0.6 is 0 Å². The summed E-state index contributed by atoms with van der Waals surface area (Å²) in [6, 6.07) is 24.4. The Morgan fingerprint density at radius 2 is 1.14 bits per heavy atom. The topological polar surface area (TPSA) is 17.6 Å². The van der Waals surface area contributed by atoms with Gasteiger partial charge in [-0.2, -0.15) is 0 Å². The Bertz CT molecular complexity index is 1830. The summed E-state index contributed by atoms with van der Waals surface area (Å²) in [5.74, 6) is 0. The smallest absolute Gasteiger partial charge is 0.244 e. The minimum atomic E-state index is 1.07. The predicted molar refractivity (Wildman–Crippen MR) is 149 cm³/mol. The number of aryl methyl sites for hydroxylation is 7. The monoisotopic (exact) mass is 484 g/mol. The fourth-order valence-corrected chi connectivity index (χ4v) is 5.71. The number of imidazole rings is 2. The van der Waals surface area contributed by atoms with E-state index in [-0.39, 0.29) is 0 Å². The van der Waals surface area contributed by atoms with Crippen LogP contribution in [0.5, 0.6) is 0 Å². The second kappa shape index (κ2) is 8.45. The first-order chi connectivity index (χ1) is 17.7. The van der Waals surface area contributed by atoms with Crippen LogP contribution in [0.2, 0.25) is 0 Å². The molecule has 6 aromatic rings. The van der Waals surface area contributed by atoms with Crippen molar-refractivity contribution < 1.29 is 9.13 Å². The SMILES string of the molecule is Cc1cc(C)c(-c2cc(-[n+]3[c-]n(C)c4ccccc43)cc(-[n+]3[c-]n(C)c4cc(C)c(C)cc43)c2)c(C)c1. The van der Waals surface area contributed by atoms with Gasteiger partial charge in [-0.25, -0.2) is 0 Å². The molecule has 2 heterocycles. The lowest BCUT2D eigenvalue weighted by Crippen LogP contribution is -2.33. The average Bonchev–Trinajstić information content (AvgIpc) is 3.35. The number of fused-ring (bicyclic) bond motifs is 2. The van der Waals surface area contributed by atoms with Crippen molar-refractivity contribution in [3.05, 3.63) is 107 Å². The number of para-hydroxylation sites is 2. The molecule has 0 N–H and O–H groups in total. The Morgan fingerprint density at radius 3 is 1.81 bits per heavy atom. The molecule has 4 aromatic carbocycles. The maximum absolute atomic E-state index is 3.57. The molecule has 2 aromatic heterocycles. The third-order valence-corrected chi connectivity index (χ3v) is 7.56. The molecule has 0 saturated carbocycles. The Morgan fingerprint density at radius 1 is 0.568 bits per heavy atom. The van der Waals surface area contributed by atoms with E-state index in [1.54, 1.807) is 0 Å². The maximum Gasteiger partial charge on any atom is 0.244 e. The summed E-state index contributed by atoms with van der Waals surface area (Å²) in [5, 5.41) is 0. The Kier molecular flexibility index (Phi) is 5.30. The summed E-state index contributed by atoms with van der Waals surface area (Å²) >= 11 is 0. The molecule has 4 nitrogen and oxygen atoms in total. The molecular weight excluding hydrogens is 452 g/mol. The highest BCUT2D eigenvalue weighted by atomic mass is 15.1. The molecule has 184 valence electrons. The molecule has 0 spiro atoms. The van der Waals surface area contributed by atoms with Gasteiger partial charge in [0.1, 0.15) is 0 Å². The Labute approximate surface area is 218 Å². The standard InChI is InChI=1S/C33H32N4/c1-21-12-24(4)33(25(5)13-21)26-16-27(36-19-34(6)29-10-8-9-11-30(29)36)18-28(17-26)37-20-35(7)31-14-22(2)23(3)15-32(31)37/h8-18H,1-7H3. The second-order valence-corrected chi connectivity index (χ2v) is 10.4. The van der Waals surface area contributed by atoms with Crippen molar-refractivity contribution in [1.29, 1.82) is 0 Å². The lowest BCUT2D eigenvalue weighted by molar-refractivity contribution is -0.581. The van der Waals surface area contributed by atoms with Gasteiger partial charge in [0, 0.05) is 11.4 Å². The van der Waals surface area contributed by atoms with E-state index in [2.05, 4.69) is 146 Å². The van der Waals surface area contributed by atoms with Crippen molar-refractivity contribution in [1.82, 2.24) is 9.13 Å². The highest BCUT2D eigenvalue weighted by Crippen LogP contribution is 2.31. The Hall–Kier alpha value is -4.18. The van der Waals surface area contributed by atoms with Crippen molar-refractivity contribution in [2.75, 3.05) is 0 Å². The van der Waals surface area contributed by atoms with E-state index in [1.165, 1.54) is 44.5 Å². The third-order valence-electron chi connectivity index (χ3n) is 7.56. The van der Waals surface area contributed by atoms with Crippen LogP contribution in [0.1, 0.15) is 27.8 Å². The summed E-state index contributed by atoms with van der Waals surface area (Å²) in [6.45, 7) is 10.9. The first kappa shape index (κ1) is 23.2. The number of hydrogen-bond acceptors (Lipinski definition) is 0. The van der Waals surface area contributed by atoms with Crippen LogP contribution in [0.4, 0.5) is 0 Å². The highest BCUT2D eigenvalue weighted by molar-refractivity contribution is 5.77. The summed E-state index contributed by atoms with van der Waals surface area (Å²) in [7, 11) is 4.12. The zero-order valence-corrected chi connectivity index (χ0v) is 22.6. The summed E-state index contributed by atoms with van der Waals surface area (Å²) in [4.78, 5) is 0. The molecule has 0 aliphatic heterocycles. The van der Waals surface area contributed by atoms with Gasteiger partial charge in [-0.05, 0) is 56.9 Å². The molecule has 0 amide bonds. The lowest BCUT2D eigenvalue weighted by Gasteiger charge is -2.17. The number of benzene rings is 4. The van der Waals surface area contributed by atoms with Crippen LogP contribution in [-0.2, 0) is 14.1 Å². The van der Waals surface area contributed by atoms with E-state index in [4.69, 9.17) is 0 Å². The molecule has 0 radical (unpaired) electrons. The van der Waals surface area contributed by atoms with Gasteiger partial charge in [-0.1, -0.05) is 83.4 Å². The van der Waals surface area contributed by atoms with Gasteiger partial charge in [0.25, 0.3) is 0 Å².